The second-order valence-corrected chi connectivity index (χ2v) is 6.63. The van der Waals surface area contributed by atoms with Gasteiger partial charge in [0.25, 0.3) is 0 Å². The highest BCUT2D eigenvalue weighted by atomic mass is 32.1. The Morgan fingerprint density at radius 2 is 1.68 bits per heavy atom. The predicted molar refractivity (Wildman–Crippen MR) is 110 cm³/mol. The largest absolute Gasteiger partial charge is 0.493 e. The van der Waals surface area contributed by atoms with Gasteiger partial charge in [0.05, 0.1) is 33.4 Å². The molecule has 0 unspecified atom stereocenters. The first-order valence-electron chi connectivity index (χ1n) is 8.49. The maximum absolute atomic E-state index is 12.4. The van der Waals surface area contributed by atoms with E-state index in [2.05, 4.69) is 15.6 Å². The minimum absolute atomic E-state index is 0.156. The Morgan fingerprint density at radius 3 is 2.29 bits per heavy atom. The van der Waals surface area contributed by atoms with E-state index in [0.717, 1.165) is 10.8 Å². The molecule has 3 aromatic rings. The Labute approximate surface area is 167 Å². The van der Waals surface area contributed by atoms with E-state index in [4.69, 9.17) is 14.2 Å². The fourth-order valence-corrected chi connectivity index (χ4v) is 3.34. The third kappa shape index (κ3) is 4.72. The maximum atomic E-state index is 12.4. The Bertz CT molecular complexity index is 919. The van der Waals surface area contributed by atoms with Crippen molar-refractivity contribution in [2.45, 2.75) is 6.42 Å². The van der Waals surface area contributed by atoms with Crippen LogP contribution in [0.25, 0.3) is 0 Å². The SMILES string of the molecule is COc1cc(NC(=O)Cc2csc(Nc3ccccc3)n2)cc(OC)c1OC. The summed E-state index contributed by atoms with van der Waals surface area (Å²) < 4.78 is 15.9. The number of thiazole rings is 1. The van der Waals surface area contributed by atoms with Gasteiger partial charge in [-0.3, -0.25) is 4.79 Å². The van der Waals surface area contributed by atoms with Gasteiger partial charge in [-0.1, -0.05) is 18.2 Å². The number of nitrogens with one attached hydrogen (secondary N) is 2. The van der Waals surface area contributed by atoms with Gasteiger partial charge in [-0.05, 0) is 12.1 Å². The molecular weight excluding hydrogens is 378 g/mol. The molecule has 0 aliphatic rings. The van der Waals surface area contributed by atoms with E-state index < -0.39 is 0 Å². The highest BCUT2D eigenvalue weighted by molar-refractivity contribution is 7.13. The maximum Gasteiger partial charge on any atom is 0.230 e. The minimum Gasteiger partial charge on any atom is -0.493 e. The molecule has 0 atom stereocenters. The molecule has 0 bridgehead atoms. The van der Waals surface area contributed by atoms with Gasteiger partial charge < -0.3 is 24.8 Å². The van der Waals surface area contributed by atoms with E-state index >= 15 is 0 Å². The van der Waals surface area contributed by atoms with Crippen molar-refractivity contribution in [1.29, 1.82) is 0 Å². The van der Waals surface area contributed by atoms with Crippen LogP contribution in [0.4, 0.5) is 16.5 Å². The van der Waals surface area contributed by atoms with E-state index in [1.807, 2.05) is 35.7 Å². The Kier molecular flexibility index (Phi) is 6.33. The first kappa shape index (κ1) is 19.5. The Balaban J connectivity index is 1.66. The summed E-state index contributed by atoms with van der Waals surface area (Å²) in [6.45, 7) is 0. The number of hydrogen-bond donors (Lipinski definition) is 2. The second kappa shape index (κ2) is 9.09. The molecule has 7 nitrogen and oxygen atoms in total. The van der Waals surface area contributed by atoms with Crippen molar-refractivity contribution in [3.8, 4) is 17.2 Å². The number of carbonyl (C=O) groups is 1. The molecule has 0 spiro atoms. The number of nitrogens with zero attached hydrogens (tertiary/aromatic N) is 1. The van der Waals surface area contributed by atoms with Crippen LogP contribution < -0.4 is 24.8 Å². The fourth-order valence-electron chi connectivity index (χ4n) is 2.61. The summed E-state index contributed by atoms with van der Waals surface area (Å²) in [5.41, 5.74) is 2.19. The molecule has 0 radical (unpaired) electrons. The van der Waals surface area contributed by atoms with Gasteiger partial charge in [-0.15, -0.1) is 11.3 Å². The molecule has 2 N–H and O–H groups in total. The third-order valence-corrected chi connectivity index (χ3v) is 4.67. The topological polar surface area (TPSA) is 81.7 Å². The lowest BCUT2D eigenvalue weighted by molar-refractivity contribution is -0.115. The summed E-state index contributed by atoms with van der Waals surface area (Å²) in [6, 6.07) is 13.1. The van der Waals surface area contributed by atoms with Crippen LogP contribution in [0.3, 0.4) is 0 Å². The zero-order chi connectivity index (χ0) is 19.9. The average molecular weight is 399 g/mol. The number of hydrogen-bond acceptors (Lipinski definition) is 7. The molecule has 1 aromatic heterocycles. The van der Waals surface area contributed by atoms with Crippen LogP contribution >= 0.6 is 11.3 Å². The molecule has 0 aliphatic carbocycles. The number of amides is 1. The predicted octanol–water partition coefficient (Wildman–Crippen LogP) is 4.09. The van der Waals surface area contributed by atoms with Crippen LogP contribution in [0.5, 0.6) is 17.2 Å². The van der Waals surface area contributed by atoms with Crippen LogP contribution in [0.2, 0.25) is 0 Å². The fraction of sp³-hybridized carbons (Fsp3) is 0.200. The molecule has 1 heterocycles. The first-order chi connectivity index (χ1) is 13.6. The lowest BCUT2D eigenvalue weighted by atomic mass is 10.2. The molecule has 2 aromatic carbocycles. The normalized spacial score (nSPS) is 10.2. The molecule has 146 valence electrons. The minimum atomic E-state index is -0.189. The smallest absolute Gasteiger partial charge is 0.230 e. The van der Waals surface area contributed by atoms with E-state index in [9.17, 15) is 4.79 Å². The van der Waals surface area contributed by atoms with Crippen molar-refractivity contribution in [1.82, 2.24) is 4.98 Å². The summed E-state index contributed by atoms with van der Waals surface area (Å²) in [5, 5.41) is 8.66. The van der Waals surface area contributed by atoms with Gasteiger partial charge in [0.2, 0.25) is 11.7 Å². The molecule has 28 heavy (non-hydrogen) atoms. The number of rotatable bonds is 8. The highest BCUT2D eigenvalue weighted by Gasteiger charge is 2.15. The number of ether oxygens (including phenoxy) is 3. The number of aromatic nitrogens is 1. The lowest BCUT2D eigenvalue weighted by Gasteiger charge is -2.14. The number of para-hydroxylation sites is 1. The van der Waals surface area contributed by atoms with Gasteiger partial charge in [0.15, 0.2) is 16.6 Å². The summed E-state index contributed by atoms with van der Waals surface area (Å²) in [5.74, 6) is 1.23. The number of carbonyl (C=O) groups excluding carboxylic acids is 1. The van der Waals surface area contributed by atoms with E-state index in [1.165, 1.54) is 32.7 Å². The van der Waals surface area contributed by atoms with Gasteiger partial charge in [-0.2, -0.15) is 0 Å². The molecule has 8 heteroatoms. The molecule has 0 fully saturated rings. The number of anilines is 3. The third-order valence-electron chi connectivity index (χ3n) is 3.87. The monoisotopic (exact) mass is 399 g/mol. The molecule has 0 aliphatic heterocycles. The van der Waals surface area contributed by atoms with Crippen molar-refractivity contribution in [2.75, 3.05) is 32.0 Å². The van der Waals surface area contributed by atoms with Crippen molar-refractivity contribution < 1.29 is 19.0 Å². The lowest BCUT2D eigenvalue weighted by Crippen LogP contribution is -2.15. The number of benzene rings is 2. The van der Waals surface area contributed by atoms with Crippen molar-refractivity contribution in [3.63, 3.8) is 0 Å². The molecular formula is C20H21N3O4S. The molecule has 1 amide bonds. The summed E-state index contributed by atoms with van der Waals surface area (Å²) in [4.78, 5) is 16.9. The summed E-state index contributed by atoms with van der Waals surface area (Å²) in [7, 11) is 4.58. The van der Waals surface area contributed by atoms with Crippen molar-refractivity contribution in [3.05, 3.63) is 53.5 Å². The van der Waals surface area contributed by atoms with Crippen LogP contribution in [0.1, 0.15) is 5.69 Å². The van der Waals surface area contributed by atoms with Crippen molar-refractivity contribution >= 4 is 33.8 Å². The molecule has 3 rings (SSSR count). The van der Waals surface area contributed by atoms with Crippen molar-refractivity contribution in [2.24, 2.45) is 0 Å². The molecule has 0 saturated heterocycles. The summed E-state index contributed by atoms with van der Waals surface area (Å²) in [6.07, 6.45) is 0.156. The van der Waals surface area contributed by atoms with E-state index in [1.54, 1.807) is 12.1 Å². The quantitative estimate of drug-likeness (QED) is 0.594. The standard InChI is InChI=1S/C20H21N3O4S/c1-25-16-9-14(10-17(26-2)19(16)27-3)21-18(24)11-15-12-28-20(23-15)22-13-7-5-4-6-8-13/h4-10,12H,11H2,1-3H3,(H,21,24)(H,22,23). The van der Waals surface area contributed by atoms with Gasteiger partial charge in [0, 0.05) is 28.9 Å². The summed E-state index contributed by atoms with van der Waals surface area (Å²) >= 11 is 1.45. The highest BCUT2D eigenvalue weighted by Crippen LogP contribution is 2.39. The van der Waals surface area contributed by atoms with Crippen LogP contribution in [0, 0.1) is 0 Å². The van der Waals surface area contributed by atoms with Gasteiger partial charge in [0.1, 0.15) is 0 Å². The zero-order valence-electron chi connectivity index (χ0n) is 15.8. The van der Waals surface area contributed by atoms with Gasteiger partial charge >= 0.3 is 0 Å². The second-order valence-electron chi connectivity index (χ2n) is 5.77. The van der Waals surface area contributed by atoms with E-state index in [-0.39, 0.29) is 12.3 Å². The Morgan fingerprint density at radius 1 is 1.00 bits per heavy atom. The molecule has 0 saturated carbocycles. The van der Waals surface area contributed by atoms with Crippen LogP contribution in [-0.4, -0.2) is 32.2 Å². The number of methoxy groups -OCH3 is 3. The van der Waals surface area contributed by atoms with Crippen LogP contribution in [0.15, 0.2) is 47.8 Å². The van der Waals surface area contributed by atoms with E-state index in [0.29, 0.717) is 28.6 Å². The average Bonchev–Trinajstić information content (AvgIpc) is 3.14. The Hall–Kier alpha value is -3.26. The van der Waals surface area contributed by atoms with Crippen LogP contribution in [-0.2, 0) is 11.2 Å². The van der Waals surface area contributed by atoms with Gasteiger partial charge in [-0.25, -0.2) is 4.98 Å². The zero-order valence-corrected chi connectivity index (χ0v) is 16.6. The first-order valence-corrected chi connectivity index (χ1v) is 9.37.